The molecule has 1 atom stereocenters. The van der Waals surface area contributed by atoms with Crippen LogP contribution in [0.2, 0.25) is 5.02 Å². The minimum Gasteiger partial charge on any atom is -0.497 e. The van der Waals surface area contributed by atoms with Gasteiger partial charge in [-0.15, -0.1) is 0 Å². The summed E-state index contributed by atoms with van der Waals surface area (Å²) < 4.78 is 40.0. The van der Waals surface area contributed by atoms with E-state index in [9.17, 15) is 18.0 Å². The number of nitrogens with one attached hydrogen (secondary N) is 1. The highest BCUT2D eigenvalue weighted by Gasteiger charge is 2.35. The maximum Gasteiger partial charge on any atom is 0.264 e. The molecule has 3 aromatic carbocycles. The number of nitrogens with zero attached hydrogens (tertiary/aromatic N) is 2. The van der Waals surface area contributed by atoms with E-state index < -0.39 is 34.1 Å². The third-order valence-electron chi connectivity index (χ3n) is 6.42. The van der Waals surface area contributed by atoms with Crippen molar-refractivity contribution >= 4 is 39.1 Å². The van der Waals surface area contributed by atoms with Gasteiger partial charge in [-0.3, -0.25) is 13.9 Å². The van der Waals surface area contributed by atoms with Gasteiger partial charge in [0.2, 0.25) is 11.8 Å². The normalized spacial score (nSPS) is 12.3. The quantitative estimate of drug-likeness (QED) is 0.297. The maximum absolute atomic E-state index is 14.2. The van der Waals surface area contributed by atoms with E-state index in [-0.39, 0.29) is 28.8 Å². The second-order valence-corrected chi connectivity index (χ2v) is 13.0. The van der Waals surface area contributed by atoms with Crippen LogP contribution in [0.25, 0.3) is 0 Å². The van der Waals surface area contributed by atoms with Gasteiger partial charge in [-0.25, -0.2) is 8.42 Å². The zero-order valence-electron chi connectivity index (χ0n) is 24.8. The van der Waals surface area contributed by atoms with Crippen molar-refractivity contribution in [1.82, 2.24) is 10.2 Å². The Kier molecular flexibility index (Phi) is 10.9. The van der Waals surface area contributed by atoms with E-state index in [1.165, 1.54) is 37.3 Å². The van der Waals surface area contributed by atoms with Crippen molar-refractivity contribution in [3.8, 4) is 11.5 Å². The predicted molar refractivity (Wildman–Crippen MR) is 164 cm³/mol. The molecule has 0 fully saturated rings. The number of halogens is 1. The van der Waals surface area contributed by atoms with E-state index in [0.717, 1.165) is 9.87 Å². The molecule has 0 aliphatic rings. The molecule has 0 heterocycles. The average molecular weight is 616 g/mol. The van der Waals surface area contributed by atoms with Crippen molar-refractivity contribution in [3.63, 3.8) is 0 Å². The molecule has 0 saturated heterocycles. The van der Waals surface area contributed by atoms with Crippen molar-refractivity contribution in [2.45, 2.75) is 57.1 Å². The molecular formula is C31H38ClN3O6S. The third kappa shape index (κ3) is 8.17. The summed E-state index contributed by atoms with van der Waals surface area (Å²) in [6, 6.07) is 18.6. The number of methoxy groups -OCH3 is 2. The summed E-state index contributed by atoms with van der Waals surface area (Å²) in [5.41, 5.74) is 0.301. The lowest BCUT2D eigenvalue weighted by atomic mass is 10.1. The molecule has 0 aromatic heterocycles. The van der Waals surface area contributed by atoms with Gasteiger partial charge in [-0.1, -0.05) is 48.9 Å². The number of sulfonamides is 1. The Morgan fingerprint density at radius 2 is 1.60 bits per heavy atom. The molecule has 0 saturated carbocycles. The van der Waals surface area contributed by atoms with Crippen molar-refractivity contribution in [2.75, 3.05) is 25.1 Å². The fourth-order valence-electron chi connectivity index (χ4n) is 4.38. The molecule has 3 aromatic rings. The number of rotatable bonds is 12. The van der Waals surface area contributed by atoms with Crippen LogP contribution >= 0.6 is 11.6 Å². The highest BCUT2D eigenvalue weighted by molar-refractivity contribution is 7.92. The summed E-state index contributed by atoms with van der Waals surface area (Å²) in [7, 11) is -1.40. The van der Waals surface area contributed by atoms with Gasteiger partial charge in [-0.05, 0) is 69.2 Å². The standard InChI is InChI=1S/C31H38ClN3O6S/c1-7-26(30(37)33-31(2,3)4)34(20-22-13-15-23(32)16-14-22)29(36)21-35(42(38,39)25-11-9-8-10-12-25)27-19-24(40-5)17-18-28(27)41-6/h8-19,26H,7,20-21H2,1-6H3,(H,33,37). The van der Waals surface area contributed by atoms with Gasteiger partial charge >= 0.3 is 0 Å². The first-order valence-electron chi connectivity index (χ1n) is 13.5. The highest BCUT2D eigenvalue weighted by Crippen LogP contribution is 2.36. The molecule has 0 aliphatic carbocycles. The lowest BCUT2D eigenvalue weighted by Crippen LogP contribution is -2.55. The van der Waals surface area contributed by atoms with Crippen molar-refractivity contribution < 1.29 is 27.5 Å². The van der Waals surface area contributed by atoms with Crippen LogP contribution in [0.1, 0.15) is 39.7 Å². The Hall–Kier alpha value is -3.76. The number of carbonyl (C=O) groups is 2. The molecule has 2 amide bonds. The van der Waals surface area contributed by atoms with E-state index in [1.54, 1.807) is 61.5 Å². The Balaban J connectivity index is 2.14. The van der Waals surface area contributed by atoms with Crippen LogP contribution in [-0.4, -0.2) is 57.5 Å². The number of hydrogen-bond donors (Lipinski definition) is 1. The largest absolute Gasteiger partial charge is 0.497 e. The highest BCUT2D eigenvalue weighted by atomic mass is 35.5. The van der Waals surface area contributed by atoms with E-state index >= 15 is 0 Å². The smallest absolute Gasteiger partial charge is 0.264 e. The molecule has 42 heavy (non-hydrogen) atoms. The predicted octanol–water partition coefficient (Wildman–Crippen LogP) is 5.27. The van der Waals surface area contributed by atoms with Crippen LogP contribution < -0.4 is 19.1 Å². The molecule has 0 spiro atoms. The fraction of sp³-hybridized carbons (Fsp3) is 0.355. The van der Waals surface area contributed by atoms with E-state index in [1.807, 2.05) is 20.8 Å². The van der Waals surface area contributed by atoms with E-state index in [2.05, 4.69) is 5.32 Å². The molecule has 0 aliphatic heterocycles. The van der Waals surface area contributed by atoms with Gasteiger partial charge in [0.05, 0.1) is 24.8 Å². The molecule has 1 unspecified atom stereocenters. The maximum atomic E-state index is 14.2. The summed E-state index contributed by atoms with van der Waals surface area (Å²) in [6.07, 6.45) is 0.301. The van der Waals surface area contributed by atoms with Crippen molar-refractivity contribution in [2.24, 2.45) is 0 Å². The Morgan fingerprint density at radius 3 is 2.14 bits per heavy atom. The zero-order valence-corrected chi connectivity index (χ0v) is 26.3. The van der Waals surface area contributed by atoms with Gasteiger partial charge in [0.25, 0.3) is 10.0 Å². The van der Waals surface area contributed by atoms with Crippen LogP contribution in [0.3, 0.4) is 0 Å². The Morgan fingerprint density at radius 1 is 0.952 bits per heavy atom. The summed E-state index contributed by atoms with van der Waals surface area (Å²) in [6.45, 7) is 6.82. The van der Waals surface area contributed by atoms with Gasteiger partial charge in [0, 0.05) is 23.2 Å². The topological polar surface area (TPSA) is 105 Å². The number of hydrogen-bond acceptors (Lipinski definition) is 6. The summed E-state index contributed by atoms with van der Waals surface area (Å²) in [4.78, 5) is 29.1. The summed E-state index contributed by atoms with van der Waals surface area (Å²) in [5, 5.41) is 3.48. The van der Waals surface area contributed by atoms with Gasteiger partial charge in [-0.2, -0.15) is 0 Å². The molecule has 0 radical (unpaired) electrons. The molecular weight excluding hydrogens is 578 g/mol. The minimum absolute atomic E-state index is 0.00978. The lowest BCUT2D eigenvalue weighted by molar-refractivity contribution is -0.141. The van der Waals surface area contributed by atoms with Crippen molar-refractivity contribution in [1.29, 1.82) is 0 Å². The number of benzene rings is 3. The Labute approximate surface area is 253 Å². The first-order valence-corrected chi connectivity index (χ1v) is 15.3. The van der Waals surface area contributed by atoms with Gasteiger partial charge < -0.3 is 19.7 Å². The monoisotopic (exact) mass is 615 g/mol. The first-order chi connectivity index (χ1) is 19.8. The minimum atomic E-state index is -4.27. The van der Waals surface area contributed by atoms with E-state index in [4.69, 9.17) is 21.1 Å². The lowest BCUT2D eigenvalue weighted by Gasteiger charge is -2.35. The number of amides is 2. The number of ether oxygens (including phenoxy) is 2. The van der Waals surface area contributed by atoms with E-state index in [0.29, 0.717) is 17.2 Å². The molecule has 11 heteroatoms. The fourth-order valence-corrected chi connectivity index (χ4v) is 5.95. The SMILES string of the molecule is CCC(C(=O)NC(C)(C)C)N(Cc1ccc(Cl)cc1)C(=O)CN(c1cc(OC)ccc1OC)S(=O)(=O)c1ccccc1. The molecule has 9 nitrogen and oxygen atoms in total. The molecule has 0 bridgehead atoms. The number of anilines is 1. The number of carbonyl (C=O) groups excluding carboxylic acids is 2. The van der Waals surface area contributed by atoms with Crippen LogP contribution in [0.4, 0.5) is 5.69 Å². The van der Waals surface area contributed by atoms with Crippen LogP contribution in [0, 0.1) is 0 Å². The van der Waals surface area contributed by atoms with Gasteiger partial charge in [0.15, 0.2) is 0 Å². The van der Waals surface area contributed by atoms with Crippen LogP contribution in [0.5, 0.6) is 11.5 Å². The van der Waals surface area contributed by atoms with Gasteiger partial charge in [0.1, 0.15) is 24.1 Å². The second kappa shape index (κ2) is 13.9. The third-order valence-corrected chi connectivity index (χ3v) is 8.44. The molecule has 1 N–H and O–H groups in total. The van der Waals surface area contributed by atoms with Crippen LogP contribution in [0.15, 0.2) is 77.7 Å². The average Bonchev–Trinajstić information content (AvgIpc) is 2.95. The molecule has 226 valence electrons. The first kappa shape index (κ1) is 32.8. The van der Waals surface area contributed by atoms with Crippen molar-refractivity contribution in [3.05, 3.63) is 83.4 Å². The zero-order chi connectivity index (χ0) is 31.1. The summed E-state index contributed by atoms with van der Waals surface area (Å²) in [5.74, 6) is -0.320. The molecule has 3 rings (SSSR count). The van der Waals surface area contributed by atoms with Crippen LogP contribution in [-0.2, 0) is 26.2 Å². The summed E-state index contributed by atoms with van der Waals surface area (Å²) >= 11 is 6.08. The second-order valence-electron chi connectivity index (χ2n) is 10.7. The Bertz CT molecular complexity index is 1470.